The predicted molar refractivity (Wildman–Crippen MR) is 469 cm³/mol. The number of carboxylic acid groups (broad SMARTS) is 2. The lowest BCUT2D eigenvalue weighted by atomic mass is 9.41. The van der Waals surface area contributed by atoms with Crippen LogP contribution in [0, 0.1) is 34.6 Å². The molecule has 11 aromatic rings. The van der Waals surface area contributed by atoms with Gasteiger partial charge in [-0.15, -0.1) is 0 Å². The van der Waals surface area contributed by atoms with E-state index in [0.717, 1.165) is 47.2 Å². The molecule has 0 saturated carbocycles. The van der Waals surface area contributed by atoms with Gasteiger partial charge in [0, 0.05) is 12.8 Å². The van der Waals surface area contributed by atoms with E-state index in [2.05, 4.69) is 284 Å². The molecule has 0 bridgehead atoms. The van der Waals surface area contributed by atoms with Gasteiger partial charge in [0.1, 0.15) is 28.7 Å². The van der Waals surface area contributed by atoms with Crippen molar-refractivity contribution in [1.29, 1.82) is 0 Å². The number of carbonyl (C=O) groups is 2. The van der Waals surface area contributed by atoms with Gasteiger partial charge in [-0.25, -0.2) is 0 Å². The van der Waals surface area contributed by atoms with E-state index < -0.39 is 11.9 Å². The third kappa shape index (κ3) is 31.4. The maximum atomic E-state index is 10.2. The average molecular weight is 1460 g/mol. The molecule has 0 radical (unpaired) electrons. The van der Waals surface area contributed by atoms with Gasteiger partial charge in [0.15, 0.2) is 0 Å². The molecule has 0 atom stereocenters. The predicted octanol–water partition coefficient (Wildman–Crippen LogP) is 18.1. The number of fused-ring (bicyclic) bond motifs is 1. The summed E-state index contributed by atoms with van der Waals surface area (Å²) in [5.41, 5.74) is 20.7. The quantitative estimate of drug-likeness (QED) is 0.0535. The van der Waals surface area contributed by atoms with Crippen LogP contribution in [0.15, 0.2) is 279 Å². The zero-order chi connectivity index (χ0) is 79.3. The van der Waals surface area contributed by atoms with Gasteiger partial charge in [0.2, 0.25) is 26.9 Å². The van der Waals surface area contributed by atoms with Gasteiger partial charge >= 0.3 is 19.1 Å². The molecule has 12 rings (SSSR count). The van der Waals surface area contributed by atoms with Crippen molar-refractivity contribution < 1.29 is 43.3 Å². The summed E-state index contributed by atoms with van der Waals surface area (Å²) in [5.74, 6) is 2.80. The fourth-order valence-corrected chi connectivity index (χ4v) is 12.2. The molecule has 1 heterocycles. The Morgan fingerprint density at radius 2 is 0.688 bits per heavy atom. The third-order valence-electron chi connectivity index (χ3n) is 19.2. The molecule has 9 nitrogen and oxygen atoms in total. The van der Waals surface area contributed by atoms with Crippen LogP contribution in [0.25, 0.3) is 0 Å². The lowest BCUT2D eigenvalue weighted by molar-refractivity contribution is -0.138. The first-order valence-corrected chi connectivity index (χ1v) is 38.5. The maximum Gasteiger partial charge on any atom is 0.591 e. The van der Waals surface area contributed by atoms with E-state index in [1.165, 1.54) is 77.1 Å². The van der Waals surface area contributed by atoms with Gasteiger partial charge < -0.3 is 33.7 Å². The molecule has 1 aliphatic rings. The fourth-order valence-electron chi connectivity index (χ4n) is 12.2. The molecule has 109 heavy (non-hydrogen) atoms. The first-order chi connectivity index (χ1) is 52.1. The molecule has 0 fully saturated rings. The molecule has 564 valence electrons. The number of aryl methyl sites for hydroxylation is 5. The number of benzene rings is 11. The van der Waals surface area contributed by atoms with Crippen molar-refractivity contribution in [1.82, 2.24) is 0 Å². The van der Waals surface area contributed by atoms with E-state index >= 15 is 0 Å². The van der Waals surface area contributed by atoms with Crippen molar-refractivity contribution in [2.75, 3.05) is 20.3 Å². The molecule has 2 N–H and O–H groups in total. The van der Waals surface area contributed by atoms with Gasteiger partial charge in [0.25, 0.3) is 0 Å². The third-order valence-corrected chi connectivity index (χ3v) is 19.2. The standard InChI is InChI=1S/C21H29B.C15H17BO.C15H17B.C13H13B.2C12H16O3.C7H7BO2/c1-20(2,3)16-8-12-18(13-9-16)22(7)19-14-10-17(11-15-19)21(4,5)6;1-12-4-6-13(7-5-12)16(2)14-8-10-15(17-3)11-9-14;1-12-8-4-6-10-14(12)16(3)15-11-7-5-9-13(15)2;1-14(12-8-4-2-5-9-12)13-10-6-3-7-11-13;1-10-5-4-6-11(9-10)15-8-3-2-7-12(13)14;1-10-5-7-11(8-6-10)15-9-3-2-4-12(13)14;1-8-9-6-4-2-3-5-7(6)10-8/h8-15H,1-7H3;4-11H,1-3H3;4-11H,1-3H3;2-11H,1H3;4-6,9H,2-3,7-8H2,1H3,(H,13,14);5-8H,2-4,9H2,1H3,(H,13,14);2-5H,1H3. The summed E-state index contributed by atoms with van der Waals surface area (Å²) in [7, 11) is 1.57. The van der Waals surface area contributed by atoms with Crippen LogP contribution in [0.4, 0.5) is 0 Å². The Hall–Kier alpha value is -10.3. The van der Waals surface area contributed by atoms with Crippen LogP contribution in [0.3, 0.4) is 0 Å². The molecule has 1 aliphatic heterocycles. The normalized spacial score (nSPS) is 10.8. The molecule has 0 spiro atoms. The number of para-hydroxylation sites is 2. The molecule has 0 amide bonds. The Bertz CT molecular complexity index is 4240. The minimum atomic E-state index is -0.745. The highest BCUT2D eigenvalue weighted by molar-refractivity contribution is 6.85. The van der Waals surface area contributed by atoms with Crippen LogP contribution >= 0.6 is 0 Å². The number of ether oxygens (including phenoxy) is 3. The second-order valence-corrected chi connectivity index (χ2v) is 30.1. The van der Waals surface area contributed by atoms with Crippen LogP contribution in [-0.4, -0.2) is 76.4 Å². The number of rotatable bonds is 21. The van der Waals surface area contributed by atoms with E-state index in [-0.39, 0.29) is 30.8 Å². The van der Waals surface area contributed by atoms with Crippen molar-refractivity contribution in [3.63, 3.8) is 0 Å². The van der Waals surface area contributed by atoms with Crippen LogP contribution in [0.2, 0.25) is 34.1 Å². The van der Waals surface area contributed by atoms with E-state index in [1.807, 2.05) is 106 Å². The summed E-state index contributed by atoms with van der Waals surface area (Å²) in [6.07, 6.45) is 3.33. The van der Waals surface area contributed by atoms with Gasteiger partial charge in [-0.1, -0.05) is 365 Å². The Morgan fingerprint density at radius 1 is 0.358 bits per heavy atom. The lowest BCUT2D eigenvalue weighted by Crippen LogP contribution is -2.41. The molecule has 0 aromatic heterocycles. The highest BCUT2D eigenvalue weighted by Crippen LogP contribution is 2.32. The average Bonchev–Trinajstić information content (AvgIpc) is 0.981. The zero-order valence-corrected chi connectivity index (χ0v) is 67.9. The zero-order valence-electron chi connectivity index (χ0n) is 67.9. The van der Waals surface area contributed by atoms with E-state index in [9.17, 15) is 9.59 Å². The highest BCUT2D eigenvalue weighted by Gasteiger charge is 2.25. The Kier molecular flexibility index (Phi) is 36.6. The van der Waals surface area contributed by atoms with Crippen molar-refractivity contribution in [3.8, 4) is 28.7 Å². The maximum absolute atomic E-state index is 10.2. The number of unbranched alkanes of at least 4 members (excludes halogenated alkanes) is 2. The summed E-state index contributed by atoms with van der Waals surface area (Å²) in [5, 5.41) is 16.8. The van der Waals surface area contributed by atoms with Crippen molar-refractivity contribution in [2.45, 2.75) is 160 Å². The Morgan fingerprint density at radius 3 is 1.06 bits per heavy atom. The van der Waals surface area contributed by atoms with E-state index in [1.54, 1.807) is 7.11 Å². The van der Waals surface area contributed by atoms with Gasteiger partial charge in [-0.3, -0.25) is 9.59 Å². The summed E-state index contributed by atoms with van der Waals surface area (Å²) < 4.78 is 26.7. The number of hydrogen-bond donors (Lipinski definition) is 2. The topological polar surface area (TPSA) is 121 Å². The smallest absolute Gasteiger partial charge is 0.523 e. The van der Waals surface area contributed by atoms with E-state index in [0.29, 0.717) is 52.9 Å². The molecule has 14 heteroatoms. The lowest BCUT2D eigenvalue weighted by Gasteiger charge is -2.21. The largest absolute Gasteiger partial charge is 0.591 e. The van der Waals surface area contributed by atoms with Crippen molar-refractivity contribution in [3.05, 3.63) is 318 Å². The van der Waals surface area contributed by atoms with Gasteiger partial charge in [0.05, 0.1) is 20.3 Å². The van der Waals surface area contributed by atoms with Crippen LogP contribution in [-0.2, 0) is 20.4 Å². The van der Waals surface area contributed by atoms with E-state index in [4.69, 9.17) is 33.7 Å². The van der Waals surface area contributed by atoms with Crippen LogP contribution in [0.1, 0.15) is 119 Å². The molecule has 0 unspecified atom stereocenters. The van der Waals surface area contributed by atoms with Crippen molar-refractivity contribution >= 4 is 89.6 Å². The van der Waals surface area contributed by atoms with Crippen LogP contribution in [0.5, 0.6) is 28.7 Å². The molecule has 11 aromatic carbocycles. The first kappa shape index (κ1) is 87.6. The monoisotopic (exact) mass is 1450 g/mol. The first-order valence-electron chi connectivity index (χ1n) is 38.5. The summed E-state index contributed by atoms with van der Waals surface area (Å²) in [6.45, 7) is 38.0. The number of carboxylic acids is 2. The van der Waals surface area contributed by atoms with Crippen molar-refractivity contribution in [2.24, 2.45) is 0 Å². The number of methoxy groups -OCH3 is 1. The SMILES string of the molecule is CB(c1ccc(C(C)(C)C)cc1)c1ccc(C(C)(C)C)cc1.CB(c1ccccc1)c1ccccc1.CB(c1ccccc1C)c1ccccc1C.CB1Oc2ccccc2O1.COc1ccc(B(C)c2ccc(C)cc2)cc1.Cc1ccc(OCCCCC(=O)O)cc1.Cc1cccc(OCCCCC(=O)O)c1. The fraction of sp³-hybridized carbons (Fsp3) is 0.284. The Labute approximate surface area is 655 Å². The number of aliphatic carboxylic acids is 2. The second kappa shape index (κ2) is 45.5. The molecule has 0 aliphatic carbocycles. The molecular weight excluding hydrogens is 1340 g/mol. The van der Waals surface area contributed by atoms with Gasteiger partial charge in [-0.2, -0.15) is 0 Å². The molecular formula is C95H115B5O9. The van der Waals surface area contributed by atoms with Gasteiger partial charge in [-0.05, 0) is 143 Å². The number of hydrogen-bond acceptors (Lipinski definition) is 7. The summed E-state index contributed by atoms with van der Waals surface area (Å²) in [4.78, 5) is 20.5. The van der Waals surface area contributed by atoms with Crippen LogP contribution < -0.4 is 67.2 Å². The minimum Gasteiger partial charge on any atom is -0.523 e. The minimum absolute atomic E-state index is 0.127. The molecule has 0 saturated heterocycles. The second-order valence-electron chi connectivity index (χ2n) is 30.1. The summed E-state index contributed by atoms with van der Waals surface area (Å²) in [6, 6.07) is 97.0. The highest BCUT2D eigenvalue weighted by atomic mass is 16.6. The summed E-state index contributed by atoms with van der Waals surface area (Å²) >= 11 is 0. The Balaban J connectivity index is 0.000000200.